The smallest absolute Gasteiger partial charge is 0.410 e. The highest BCUT2D eigenvalue weighted by molar-refractivity contribution is 5.68. The number of nitrogens with two attached hydrogens (primary N) is 1. The van der Waals surface area contributed by atoms with Gasteiger partial charge in [-0.05, 0) is 46.0 Å². The van der Waals surface area contributed by atoms with Crippen LogP contribution >= 0.6 is 0 Å². The lowest BCUT2D eigenvalue weighted by molar-refractivity contribution is 0.0103. The van der Waals surface area contributed by atoms with Crippen molar-refractivity contribution in [2.24, 2.45) is 11.7 Å². The quantitative estimate of drug-likeness (QED) is 0.820. The lowest BCUT2D eigenvalue weighted by atomic mass is 9.89. The van der Waals surface area contributed by atoms with Gasteiger partial charge in [0.25, 0.3) is 0 Å². The van der Waals surface area contributed by atoms with E-state index >= 15 is 0 Å². The minimum atomic E-state index is -0.489. The van der Waals surface area contributed by atoms with Crippen molar-refractivity contribution in [3.8, 4) is 0 Å². The third-order valence-corrected chi connectivity index (χ3v) is 3.30. The second kappa shape index (κ2) is 6.57. The van der Waals surface area contributed by atoms with E-state index in [2.05, 4.69) is 0 Å². The van der Waals surface area contributed by atoms with E-state index in [0.29, 0.717) is 19.5 Å². The molecule has 5 nitrogen and oxygen atoms in total. The van der Waals surface area contributed by atoms with Crippen molar-refractivity contribution in [2.45, 2.75) is 64.7 Å². The fourth-order valence-electron chi connectivity index (χ4n) is 2.44. The first-order valence-electron chi connectivity index (χ1n) is 7.12. The Balaban J connectivity index is 2.57. The molecule has 3 N–H and O–H groups in total. The molecule has 0 aromatic heterocycles. The summed E-state index contributed by atoms with van der Waals surface area (Å²) in [6.07, 6.45) is 1.67. The Morgan fingerprint density at radius 3 is 2.63 bits per heavy atom. The highest BCUT2D eigenvalue weighted by Gasteiger charge is 2.31. The molecule has 1 fully saturated rings. The molecule has 3 atom stereocenters. The average molecular weight is 272 g/mol. The molecule has 1 heterocycles. The Labute approximate surface area is 116 Å². The number of carbonyl (C=O) groups is 1. The molecule has 0 spiro atoms. The van der Waals surface area contributed by atoms with Crippen LogP contribution in [0.1, 0.15) is 47.0 Å². The van der Waals surface area contributed by atoms with E-state index in [1.807, 2.05) is 27.7 Å². The van der Waals surface area contributed by atoms with E-state index in [1.165, 1.54) is 0 Å². The van der Waals surface area contributed by atoms with Crippen LogP contribution < -0.4 is 5.73 Å². The molecule has 19 heavy (non-hydrogen) atoms. The summed E-state index contributed by atoms with van der Waals surface area (Å²) in [6.45, 7) is 8.68. The zero-order chi connectivity index (χ0) is 14.6. The van der Waals surface area contributed by atoms with Crippen molar-refractivity contribution in [3.05, 3.63) is 0 Å². The maximum atomic E-state index is 12.0. The van der Waals surface area contributed by atoms with Gasteiger partial charge in [-0.25, -0.2) is 4.79 Å². The Kier molecular flexibility index (Phi) is 5.62. The van der Waals surface area contributed by atoms with Gasteiger partial charge in [0.15, 0.2) is 0 Å². The number of carbonyl (C=O) groups excluding carboxylic acids is 1. The molecular formula is C14H28N2O3. The molecule has 1 saturated heterocycles. The number of aliphatic hydroxyl groups is 1. The van der Waals surface area contributed by atoms with Gasteiger partial charge in [0.05, 0.1) is 6.10 Å². The molecule has 5 heteroatoms. The van der Waals surface area contributed by atoms with Crippen molar-refractivity contribution >= 4 is 6.09 Å². The number of amides is 1. The van der Waals surface area contributed by atoms with Crippen molar-refractivity contribution in [2.75, 3.05) is 13.1 Å². The van der Waals surface area contributed by atoms with Gasteiger partial charge in [-0.15, -0.1) is 0 Å². The van der Waals surface area contributed by atoms with Crippen LogP contribution in [0.2, 0.25) is 0 Å². The third kappa shape index (κ3) is 5.78. The normalized spacial score (nSPS) is 26.1. The van der Waals surface area contributed by atoms with Crippen LogP contribution in [0.25, 0.3) is 0 Å². The Bertz CT molecular complexity index is 302. The summed E-state index contributed by atoms with van der Waals surface area (Å²) in [6, 6.07) is -0.0321. The summed E-state index contributed by atoms with van der Waals surface area (Å²) in [5, 5.41) is 9.73. The molecule has 1 amide bonds. The number of likely N-dealkylation sites (tertiary alicyclic amines) is 1. The molecule has 0 aliphatic carbocycles. The molecule has 0 aromatic carbocycles. The summed E-state index contributed by atoms with van der Waals surface area (Å²) < 4.78 is 5.37. The van der Waals surface area contributed by atoms with Crippen molar-refractivity contribution in [1.82, 2.24) is 4.90 Å². The third-order valence-electron chi connectivity index (χ3n) is 3.30. The van der Waals surface area contributed by atoms with Gasteiger partial charge in [0, 0.05) is 19.1 Å². The first-order valence-corrected chi connectivity index (χ1v) is 7.12. The molecule has 0 bridgehead atoms. The summed E-state index contributed by atoms with van der Waals surface area (Å²) in [5.74, 6) is 0.256. The minimum absolute atomic E-state index is 0.0321. The molecular weight excluding hydrogens is 244 g/mol. The molecule has 1 aliphatic rings. The summed E-state index contributed by atoms with van der Waals surface area (Å²) in [4.78, 5) is 13.7. The van der Waals surface area contributed by atoms with Gasteiger partial charge < -0.3 is 20.5 Å². The standard InChI is InChI=1S/C14H28N2O3/c1-5-12(17)7-10-6-11(15)9-16(8-10)13(18)19-14(2,3)4/h10-12,17H,5-9,15H2,1-4H3. The first-order chi connectivity index (χ1) is 8.71. The fourth-order valence-corrected chi connectivity index (χ4v) is 2.44. The van der Waals surface area contributed by atoms with Crippen molar-refractivity contribution in [3.63, 3.8) is 0 Å². The second-order valence-corrected chi connectivity index (χ2v) is 6.54. The SMILES string of the molecule is CCC(O)CC1CC(N)CN(C(=O)OC(C)(C)C)C1. The molecule has 112 valence electrons. The van der Waals surface area contributed by atoms with Crippen LogP contribution in [0.4, 0.5) is 4.79 Å². The molecule has 1 aliphatic heterocycles. The molecule has 3 unspecified atom stereocenters. The molecule has 0 radical (unpaired) electrons. The number of rotatable bonds is 3. The van der Waals surface area contributed by atoms with Crippen LogP contribution in [-0.4, -0.2) is 46.9 Å². The highest BCUT2D eigenvalue weighted by Crippen LogP contribution is 2.23. The topological polar surface area (TPSA) is 75.8 Å². The number of hydrogen-bond acceptors (Lipinski definition) is 4. The van der Waals surface area contributed by atoms with Gasteiger partial charge in [0.2, 0.25) is 0 Å². The van der Waals surface area contributed by atoms with Crippen LogP contribution in [0.5, 0.6) is 0 Å². The van der Waals surface area contributed by atoms with Crippen molar-refractivity contribution in [1.29, 1.82) is 0 Å². The van der Waals surface area contributed by atoms with Gasteiger partial charge >= 0.3 is 6.09 Å². The van der Waals surface area contributed by atoms with Crippen LogP contribution in [0.15, 0.2) is 0 Å². The zero-order valence-electron chi connectivity index (χ0n) is 12.6. The Hall–Kier alpha value is -0.810. The fraction of sp³-hybridized carbons (Fsp3) is 0.929. The molecule has 1 rings (SSSR count). The lowest BCUT2D eigenvalue weighted by Crippen LogP contribution is -2.51. The summed E-state index contributed by atoms with van der Waals surface area (Å²) in [5.41, 5.74) is 5.51. The van der Waals surface area contributed by atoms with E-state index in [-0.39, 0.29) is 24.2 Å². The highest BCUT2D eigenvalue weighted by atomic mass is 16.6. The second-order valence-electron chi connectivity index (χ2n) is 6.54. The van der Waals surface area contributed by atoms with E-state index in [1.54, 1.807) is 4.90 Å². The number of ether oxygens (including phenoxy) is 1. The predicted octanol–water partition coefficient (Wildman–Crippen LogP) is 1.73. The molecule has 0 aromatic rings. The maximum absolute atomic E-state index is 12.0. The zero-order valence-corrected chi connectivity index (χ0v) is 12.6. The number of hydrogen-bond donors (Lipinski definition) is 2. The molecule has 0 saturated carbocycles. The predicted molar refractivity (Wildman–Crippen MR) is 74.8 cm³/mol. The maximum Gasteiger partial charge on any atom is 0.410 e. The largest absolute Gasteiger partial charge is 0.444 e. The van der Waals surface area contributed by atoms with Gasteiger partial charge in [-0.1, -0.05) is 6.92 Å². The summed E-state index contributed by atoms with van der Waals surface area (Å²) in [7, 11) is 0. The van der Waals surface area contributed by atoms with Gasteiger partial charge in [0.1, 0.15) is 5.60 Å². The number of aliphatic hydroxyl groups excluding tert-OH is 1. The van der Waals surface area contributed by atoms with Gasteiger partial charge in [-0.2, -0.15) is 0 Å². The average Bonchev–Trinajstić information content (AvgIpc) is 2.25. The minimum Gasteiger partial charge on any atom is -0.444 e. The first kappa shape index (κ1) is 16.2. The van der Waals surface area contributed by atoms with E-state index in [9.17, 15) is 9.90 Å². The number of piperidine rings is 1. The Morgan fingerprint density at radius 1 is 1.47 bits per heavy atom. The Morgan fingerprint density at radius 2 is 2.11 bits per heavy atom. The van der Waals surface area contributed by atoms with Crippen molar-refractivity contribution < 1.29 is 14.6 Å². The monoisotopic (exact) mass is 272 g/mol. The summed E-state index contributed by atoms with van der Waals surface area (Å²) >= 11 is 0. The number of nitrogens with zero attached hydrogens (tertiary/aromatic N) is 1. The van der Waals surface area contributed by atoms with E-state index < -0.39 is 5.60 Å². The van der Waals surface area contributed by atoms with E-state index in [0.717, 1.165) is 12.8 Å². The van der Waals surface area contributed by atoms with Gasteiger partial charge in [-0.3, -0.25) is 0 Å². The van der Waals surface area contributed by atoms with Crippen LogP contribution in [0.3, 0.4) is 0 Å². The van der Waals surface area contributed by atoms with Crippen LogP contribution in [0, 0.1) is 5.92 Å². The lowest BCUT2D eigenvalue weighted by Gasteiger charge is -2.37. The van der Waals surface area contributed by atoms with Crippen LogP contribution in [-0.2, 0) is 4.74 Å². The van der Waals surface area contributed by atoms with E-state index in [4.69, 9.17) is 10.5 Å².